The maximum atomic E-state index is 11.9. The highest BCUT2D eigenvalue weighted by molar-refractivity contribution is 7.80. The molecule has 2 aromatic rings. The Bertz CT molecular complexity index is 566. The number of rotatable bonds is 2. The lowest BCUT2D eigenvalue weighted by Crippen LogP contribution is -2.24. The molecule has 0 saturated carbocycles. The van der Waals surface area contributed by atoms with Crippen LogP contribution in [-0.2, 0) is 4.79 Å². The van der Waals surface area contributed by atoms with Crippen molar-refractivity contribution in [2.24, 2.45) is 5.92 Å². The van der Waals surface area contributed by atoms with Crippen LogP contribution in [-0.4, -0.2) is 28.4 Å². The first-order valence-electron chi connectivity index (χ1n) is 5.62. The highest BCUT2D eigenvalue weighted by Gasteiger charge is 2.29. The van der Waals surface area contributed by atoms with E-state index in [-0.39, 0.29) is 5.91 Å². The van der Waals surface area contributed by atoms with Crippen LogP contribution in [0.2, 0.25) is 0 Å². The number of nitrogens with one attached hydrogen (secondary N) is 1. The van der Waals surface area contributed by atoms with Crippen LogP contribution in [0.1, 0.15) is 6.42 Å². The minimum Gasteiger partial charge on any atom is -0.312 e. The summed E-state index contributed by atoms with van der Waals surface area (Å²) in [5.74, 6) is 1.31. The number of thiol groups is 1. The van der Waals surface area contributed by atoms with Crippen molar-refractivity contribution in [3.63, 3.8) is 0 Å². The van der Waals surface area contributed by atoms with Gasteiger partial charge in [-0.1, -0.05) is 0 Å². The Morgan fingerprint density at radius 3 is 3.18 bits per heavy atom. The van der Waals surface area contributed by atoms with Gasteiger partial charge in [-0.25, -0.2) is 0 Å². The van der Waals surface area contributed by atoms with E-state index in [1.54, 1.807) is 6.20 Å². The molecule has 2 heterocycles. The SMILES string of the molecule is O=C1CC(CS)CN1c1ccc2[nH]ncc2c1. The van der Waals surface area contributed by atoms with Gasteiger partial charge in [0.25, 0.3) is 0 Å². The van der Waals surface area contributed by atoms with Crippen LogP contribution in [0.5, 0.6) is 0 Å². The number of H-pyrrole nitrogens is 1. The quantitative estimate of drug-likeness (QED) is 0.796. The van der Waals surface area contributed by atoms with E-state index in [9.17, 15) is 4.79 Å². The zero-order valence-electron chi connectivity index (χ0n) is 9.26. The maximum Gasteiger partial charge on any atom is 0.227 e. The second-order valence-electron chi connectivity index (χ2n) is 4.40. The van der Waals surface area contributed by atoms with E-state index in [0.717, 1.165) is 28.9 Å². The molecule has 1 amide bonds. The molecule has 1 aliphatic heterocycles. The Labute approximate surface area is 104 Å². The highest BCUT2D eigenvalue weighted by Crippen LogP contribution is 2.27. The molecule has 1 N–H and O–H groups in total. The van der Waals surface area contributed by atoms with Gasteiger partial charge in [-0.2, -0.15) is 17.7 Å². The predicted molar refractivity (Wildman–Crippen MR) is 70.4 cm³/mol. The Morgan fingerprint density at radius 2 is 2.41 bits per heavy atom. The molecule has 1 aliphatic rings. The molecule has 0 bridgehead atoms. The summed E-state index contributed by atoms with van der Waals surface area (Å²) in [6.45, 7) is 0.770. The zero-order chi connectivity index (χ0) is 11.8. The van der Waals surface area contributed by atoms with Gasteiger partial charge in [0, 0.05) is 24.0 Å². The van der Waals surface area contributed by atoms with Crippen LogP contribution in [0.15, 0.2) is 24.4 Å². The normalized spacial score (nSPS) is 20.4. The molecule has 4 nitrogen and oxygen atoms in total. The number of hydrogen-bond donors (Lipinski definition) is 2. The molecule has 1 aromatic carbocycles. The number of benzene rings is 1. The van der Waals surface area contributed by atoms with Crippen molar-refractivity contribution in [1.82, 2.24) is 10.2 Å². The zero-order valence-corrected chi connectivity index (χ0v) is 10.2. The number of fused-ring (bicyclic) bond motifs is 1. The van der Waals surface area contributed by atoms with Crippen LogP contribution in [0.3, 0.4) is 0 Å². The fourth-order valence-electron chi connectivity index (χ4n) is 2.25. The number of amides is 1. The largest absolute Gasteiger partial charge is 0.312 e. The monoisotopic (exact) mass is 247 g/mol. The van der Waals surface area contributed by atoms with Gasteiger partial charge in [-0.05, 0) is 29.9 Å². The summed E-state index contributed by atoms with van der Waals surface area (Å²) in [5, 5.41) is 7.91. The van der Waals surface area contributed by atoms with E-state index in [4.69, 9.17) is 0 Å². The first kappa shape index (κ1) is 10.7. The van der Waals surface area contributed by atoms with Gasteiger partial charge in [0.2, 0.25) is 5.91 Å². The van der Waals surface area contributed by atoms with E-state index < -0.39 is 0 Å². The molecule has 5 heteroatoms. The van der Waals surface area contributed by atoms with Crippen LogP contribution in [0.4, 0.5) is 5.69 Å². The van der Waals surface area contributed by atoms with Gasteiger partial charge in [0.15, 0.2) is 0 Å². The van der Waals surface area contributed by atoms with Crippen molar-refractivity contribution in [3.8, 4) is 0 Å². The summed E-state index contributed by atoms with van der Waals surface area (Å²) < 4.78 is 0. The Balaban J connectivity index is 1.95. The molecule has 0 spiro atoms. The standard InChI is InChI=1S/C12H13N3OS/c16-12-3-8(7-17)6-15(12)10-1-2-11-9(4-10)5-13-14-11/h1-2,4-5,8,17H,3,6-7H2,(H,13,14). The number of aromatic amines is 1. The van der Waals surface area contributed by atoms with Crippen LogP contribution >= 0.6 is 12.6 Å². The summed E-state index contributed by atoms with van der Waals surface area (Å²) in [4.78, 5) is 13.7. The van der Waals surface area contributed by atoms with Crippen molar-refractivity contribution >= 4 is 35.1 Å². The number of anilines is 1. The number of aromatic nitrogens is 2. The molecular weight excluding hydrogens is 234 g/mol. The number of carbonyl (C=O) groups excluding carboxylic acids is 1. The van der Waals surface area contributed by atoms with Gasteiger partial charge < -0.3 is 4.90 Å². The first-order chi connectivity index (χ1) is 8.28. The van der Waals surface area contributed by atoms with Gasteiger partial charge in [0.1, 0.15) is 0 Å². The Hall–Kier alpha value is -1.49. The lowest BCUT2D eigenvalue weighted by atomic mass is 10.1. The van der Waals surface area contributed by atoms with Crippen molar-refractivity contribution in [2.45, 2.75) is 6.42 Å². The third-order valence-corrected chi connectivity index (χ3v) is 3.72. The molecule has 88 valence electrons. The summed E-state index contributed by atoms with van der Waals surface area (Å²) in [7, 11) is 0. The summed E-state index contributed by atoms with van der Waals surface area (Å²) >= 11 is 4.26. The minimum absolute atomic E-state index is 0.187. The van der Waals surface area contributed by atoms with Gasteiger partial charge in [-0.3, -0.25) is 9.89 Å². The smallest absolute Gasteiger partial charge is 0.227 e. The second-order valence-corrected chi connectivity index (χ2v) is 4.76. The molecule has 0 radical (unpaired) electrons. The number of hydrogen-bond acceptors (Lipinski definition) is 3. The van der Waals surface area contributed by atoms with Gasteiger partial charge in [-0.15, -0.1) is 0 Å². The third kappa shape index (κ3) is 1.80. The summed E-state index contributed by atoms with van der Waals surface area (Å²) in [5.41, 5.74) is 1.94. The average Bonchev–Trinajstić information content (AvgIpc) is 2.93. The fraction of sp³-hybridized carbons (Fsp3) is 0.333. The molecule has 1 aromatic heterocycles. The molecule has 3 rings (SSSR count). The molecule has 1 fully saturated rings. The van der Waals surface area contributed by atoms with Crippen molar-refractivity contribution in [2.75, 3.05) is 17.2 Å². The van der Waals surface area contributed by atoms with Gasteiger partial charge in [0.05, 0.1) is 11.7 Å². The molecule has 17 heavy (non-hydrogen) atoms. The van der Waals surface area contributed by atoms with Crippen LogP contribution in [0, 0.1) is 5.92 Å². The Kier molecular flexibility index (Phi) is 2.55. The number of nitrogens with zero attached hydrogens (tertiary/aromatic N) is 2. The van der Waals surface area contributed by atoms with Gasteiger partial charge >= 0.3 is 0 Å². The van der Waals surface area contributed by atoms with E-state index in [1.165, 1.54) is 0 Å². The lowest BCUT2D eigenvalue weighted by molar-refractivity contribution is -0.117. The van der Waals surface area contributed by atoms with E-state index in [0.29, 0.717) is 12.3 Å². The molecule has 1 atom stereocenters. The van der Waals surface area contributed by atoms with Crippen LogP contribution in [0.25, 0.3) is 10.9 Å². The van der Waals surface area contributed by atoms with E-state index in [2.05, 4.69) is 22.8 Å². The summed E-state index contributed by atoms with van der Waals surface area (Å²) in [6.07, 6.45) is 2.38. The minimum atomic E-state index is 0.187. The molecule has 1 unspecified atom stereocenters. The van der Waals surface area contributed by atoms with Crippen molar-refractivity contribution in [3.05, 3.63) is 24.4 Å². The molecular formula is C12H13N3OS. The summed E-state index contributed by atoms with van der Waals surface area (Å²) in [6, 6.07) is 5.91. The number of carbonyl (C=O) groups is 1. The topological polar surface area (TPSA) is 49.0 Å². The second kappa shape index (κ2) is 4.07. The Morgan fingerprint density at radius 1 is 1.53 bits per heavy atom. The van der Waals surface area contributed by atoms with Crippen molar-refractivity contribution < 1.29 is 4.79 Å². The fourth-order valence-corrected chi connectivity index (χ4v) is 2.50. The molecule has 0 aliphatic carbocycles. The van der Waals surface area contributed by atoms with Crippen molar-refractivity contribution in [1.29, 1.82) is 0 Å². The maximum absolute atomic E-state index is 11.9. The highest BCUT2D eigenvalue weighted by atomic mass is 32.1. The first-order valence-corrected chi connectivity index (χ1v) is 6.25. The van der Waals surface area contributed by atoms with E-state index >= 15 is 0 Å². The van der Waals surface area contributed by atoms with Crippen LogP contribution < -0.4 is 4.90 Å². The average molecular weight is 247 g/mol. The molecule has 1 saturated heterocycles. The third-order valence-electron chi connectivity index (χ3n) is 3.20. The lowest BCUT2D eigenvalue weighted by Gasteiger charge is -2.16. The predicted octanol–water partition coefficient (Wildman–Crippen LogP) is 1.85. The van der Waals surface area contributed by atoms with E-state index in [1.807, 2.05) is 23.1 Å².